The van der Waals surface area contributed by atoms with Gasteiger partial charge in [0.05, 0.1) is 0 Å². The van der Waals surface area contributed by atoms with Crippen LogP contribution in [-0.4, -0.2) is 86.2 Å². The quantitative estimate of drug-likeness (QED) is 0.823. The smallest absolute Gasteiger partial charge is 0.0269 e. The van der Waals surface area contributed by atoms with Crippen molar-refractivity contribution in [1.82, 2.24) is 20.0 Å². The fourth-order valence-corrected chi connectivity index (χ4v) is 6.81. The Kier molecular flexibility index (Phi) is 5.18. The van der Waals surface area contributed by atoms with Crippen molar-refractivity contribution in [3.63, 3.8) is 0 Å². The number of nitrogens with zero attached hydrogens (tertiary/aromatic N) is 3. The topological polar surface area (TPSA) is 21.8 Å². The van der Waals surface area contributed by atoms with Gasteiger partial charge >= 0.3 is 0 Å². The van der Waals surface area contributed by atoms with E-state index in [0.29, 0.717) is 6.04 Å². The number of hydrogen-bond acceptors (Lipinski definition) is 4. The minimum atomic E-state index is 0.716. The molecule has 8 atom stereocenters. The molecule has 6 unspecified atom stereocenters. The normalized spacial score (nSPS) is 50.3. The molecule has 0 aliphatic carbocycles. The first-order chi connectivity index (χ1) is 11.9. The second-order valence-corrected chi connectivity index (χ2v) is 10.1. The van der Waals surface area contributed by atoms with Crippen molar-refractivity contribution in [2.24, 2.45) is 23.7 Å². The molecule has 1 N–H and O–H groups in total. The second-order valence-electron chi connectivity index (χ2n) is 10.1. The highest BCUT2D eigenvalue weighted by Crippen LogP contribution is 2.41. The van der Waals surface area contributed by atoms with Crippen LogP contribution in [-0.2, 0) is 0 Å². The van der Waals surface area contributed by atoms with E-state index in [1.165, 1.54) is 51.9 Å². The van der Waals surface area contributed by atoms with Gasteiger partial charge in [-0.05, 0) is 77.0 Å². The van der Waals surface area contributed by atoms with Gasteiger partial charge in [-0.3, -0.25) is 4.90 Å². The summed E-state index contributed by atoms with van der Waals surface area (Å²) in [6, 6.07) is 3.01. The molecule has 0 aromatic heterocycles. The van der Waals surface area contributed by atoms with E-state index in [0.717, 1.165) is 41.8 Å². The summed E-state index contributed by atoms with van der Waals surface area (Å²) >= 11 is 0. The van der Waals surface area contributed by atoms with Crippen LogP contribution < -0.4 is 5.32 Å². The molecule has 0 amide bonds. The van der Waals surface area contributed by atoms with E-state index < -0.39 is 0 Å². The van der Waals surface area contributed by atoms with Crippen LogP contribution >= 0.6 is 0 Å². The Morgan fingerprint density at radius 2 is 1.56 bits per heavy atom. The van der Waals surface area contributed by atoms with E-state index in [9.17, 15) is 0 Å². The zero-order chi connectivity index (χ0) is 17.7. The Morgan fingerprint density at radius 1 is 0.800 bits per heavy atom. The Morgan fingerprint density at radius 3 is 2.36 bits per heavy atom. The van der Waals surface area contributed by atoms with E-state index in [-0.39, 0.29) is 0 Å². The maximum Gasteiger partial charge on any atom is 0.0269 e. The zero-order valence-electron chi connectivity index (χ0n) is 17.1. The molecule has 0 spiro atoms. The van der Waals surface area contributed by atoms with Gasteiger partial charge in [0.1, 0.15) is 0 Å². The van der Waals surface area contributed by atoms with Crippen molar-refractivity contribution in [2.45, 2.75) is 63.7 Å². The van der Waals surface area contributed by atoms with Crippen molar-refractivity contribution in [2.75, 3.05) is 47.3 Å². The van der Waals surface area contributed by atoms with Crippen molar-refractivity contribution in [3.8, 4) is 0 Å². The maximum absolute atomic E-state index is 3.96. The van der Waals surface area contributed by atoms with Crippen LogP contribution in [0.2, 0.25) is 0 Å². The maximum atomic E-state index is 3.96. The standard InChI is InChI=1S/C21H40N4/c1-14-8-9-23(3)11-17(14)19-12-24(4)13-20(25(19)5)21-15(2)10-16-6-7-18(21)22-16/h14-22H,6-13H2,1-5H3/t14-,15+,16?,17?,18?,19?,20?,21?/m1/s1. The van der Waals surface area contributed by atoms with Crippen LogP contribution in [0.3, 0.4) is 0 Å². The molecule has 4 nitrogen and oxygen atoms in total. The lowest BCUT2D eigenvalue weighted by atomic mass is 9.74. The molecule has 25 heavy (non-hydrogen) atoms. The SMILES string of the molecule is C[C@@H]1CCN(C)CC1C1CN(C)CC(C2C3CCC(C[C@@H]2C)N3)N1C. The Bertz CT molecular complexity index is 469. The molecule has 0 saturated carbocycles. The highest BCUT2D eigenvalue weighted by molar-refractivity contribution is 5.04. The third kappa shape index (κ3) is 3.40. The van der Waals surface area contributed by atoms with E-state index in [1.807, 2.05) is 0 Å². The number of piperidine rings is 2. The van der Waals surface area contributed by atoms with E-state index in [2.05, 4.69) is 55.0 Å². The summed E-state index contributed by atoms with van der Waals surface area (Å²) in [5.74, 6) is 3.36. The molecule has 0 aromatic carbocycles. The number of rotatable bonds is 2. The number of likely N-dealkylation sites (tertiary alicyclic amines) is 1. The van der Waals surface area contributed by atoms with Crippen LogP contribution in [0.4, 0.5) is 0 Å². The minimum Gasteiger partial charge on any atom is -0.311 e. The molecule has 4 heterocycles. The first-order valence-corrected chi connectivity index (χ1v) is 10.8. The molecule has 2 bridgehead atoms. The summed E-state index contributed by atoms with van der Waals surface area (Å²) in [5.41, 5.74) is 0. The molecule has 4 aliphatic rings. The van der Waals surface area contributed by atoms with Crippen LogP contribution in [0, 0.1) is 23.7 Å². The minimum absolute atomic E-state index is 0.716. The Balaban J connectivity index is 1.54. The summed E-state index contributed by atoms with van der Waals surface area (Å²) in [5, 5.41) is 3.96. The summed E-state index contributed by atoms with van der Waals surface area (Å²) in [7, 11) is 7.13. The third-order valence-corrected chi connectivity index (χ3v) is 8.26. The molecule has 4 fully saturated rings. The van der Waals surface area contributed by atoms with Gasteiger partial charge in [-0.15, -0.1) is 0 Å². The molecule has 4 rings (SSSR count). The predicted octanol–water partition coefficient (Wildman–Crippen LogP) is 1.97. The molecule has 0 radical (unpaired) electrons. The lowest BCUT2D eigenvalue weighted by Gasteiger charge is -2.54. The summed E-state index contributed by atoms with van der Waals surface area (Å²) < 4.78 is 0. The van der Waals surface area contributed by atoms with Gasteiger partial charge in [0.2, 0.25) is 0 Å². The average Bonchev–Trinajstić information content (AvgIpc) is 2.95. The number of fused-ring (bicyclic) bond motifs is 2. The molecule has 0 aromatic rings. The van der Waals surface area contributed by atoms with E-state index in [4.69, 9.17) is 0 Å². The van der Waals surface area contributed by atoms with Gasteiger partial charge < -0.3 is 15.1 Å². The van der Waals surface area contributed by atoms with Crippen molar-refractivity contribution in [3.05, 3.63) is 0 Å². The fraction of sp³-hybridized carbons (Fsp3) is 1.00. The first-order valence-electron chi connectivity index (χ1n) is 10.8. The van der Waals surface area contributed by atoms with Gasteiger partial charge in [-0.1, -0.05) is 13.8 Å². The highest BCUT2D eigenvalue weighted by atomic mass is 15.3. The summed E-state index contributed by atoms with van der Waals surface area (Å²) in [6.07, 6.45) is 5.57. The largest absolute Gasteiger partial charge is 0.311 e. The van der Waals surface area contributed by atoms with Crippen molar-refractivity contribution < 1.29 is 0 Å². The van der Waals surface area contributed by atoms with Crippen molar-refractivity contribution in [1.29, 1.82) is 0 Å². The Labute approximate surface area is 155 Å². The van der Waals surface area contributed by atoms with Gasteiger partial charge in [0.15, 0.2) is 0 Å². The second kappa shape index (κ2) is 7.10. The lowest BCUT2D eigenvalue weighted by molar-refractivity contribution is -0.0474. The van der Waals surface area contributed by atoms with Crippen LogP contribution in [0.15, 0.2) is 0 Å². The van der Waals surface area contributed by atoms with Gasteiger partial charge in [-0.2, -0.15) is 0 Å². The monoisotopic (exact) mass is 348 g/mol. The van der Waals surface area contributed by atoms with Gasteiger partial charge in [0.25, 0.3) is 0 Å². The summed E-state index contributed by atoms with van der Waals surface area (Å²) in [4.78, 5) is 8.04. The molecule has 144 valence electrons. The lowest BCUT2D eigenvalue weighted by Crippen LogP contribution is -2.66. The number of nitrogens with one attached hydrogen (secondary N) is 1. The van der Waals surface area contributed by atoms with Crippen LogP contribution in [0.5, 0.6) is 0 Å². The average molecular weight is 349 g/mol. The van der Waals surface area contributed by atoms with Gasteiger partial charge in [0, 0.05) is 43.8 Å². The number of likely N-dealkylation sites (N-methyl/N-ethyl adjacent to an activating group) is 2. The predicted molar refractivity (Wildman–Crippen MR) is 105 cm³/mol. The van der Waals surface area contributed by atoms with Crippen molar-refractivity contribution >= 4 is 0 Å². The number of piperazine rings is 1. The molecular formula is C21H40N4. The summed E-state index contributed by atoms with van der Waals surface area (Å²) in [6.45, 7) is 10.1. The fourth-order valence-electron chi connectivity index (χ4n) is 6.81. The number of hydrogen-bond donors (Lipinski definition) is 1. The van der Waals surface area contributed by atoms with E-state index in [1.54, 1.807) is 0 Å². The third-order valence-electron chi connectivity index (χ3n) is 8.26. The highest BCUT2D eigenvalue weighted by Gasteiger charge is 2.48. The molecular weight excluding hydrogens is 308 g/mol. The molecule has 4 heteroatoms. The van der Waals surface area contributed by atoms with Gasteiger partial charge in [-0.25, -0.2) is 0 Å². The van der Waals surface area contributed by atoms with E-state index >= 15 is 0 Å². The Hall–Kier alpha value is -0.160. The van der Waals surface area contributed by atoms with Crippen LogP contribution in [0.25, 0.3) is 0 Å². The van der Waals surface area contributed by atoms with Crippen LogP contribution in [0.1, 0.15) is 39.5 Å². The molecule has 4 saturated heterocycles. The molecule has 4 aliphatic heterocycles. The first kappa shape index (κ1) is 18.2. The zero-order valence-corrected chi connectivity index (χ0v) is 17.1.